The lowest BCUT2D eigenvalue weighted by Gasteiger charge is -2.15. The third-order valence-electron chi connectivity index (χ3n) is 6.18. The molecule has 2 heteroatoms. The van der Waals surface area contributed by atoms with Crippen molar-refractivity contribution in [3.05, 3.63) is 97.1 Å². The van der Waals surface area contributed by atoms with Crippen LogP contribution in [0.1, 0.15) is 0 Å². The maximum Gasteiger partial charge on any atom is 0.0473 e. The molecular formula is C28H20N2. The first-order chi connectivity index (χ1) is 14.7. The summed E-state index contributed by atoms with van der Waals surface area (Å²) in [6.07, 6.45) is 0. The summed E-state index contributed by atoms with van der Waals surface area (Å²) < 4.78 is 0. The molecule has 4 N–H and O–H groups in total. The van der Waals surface area contributed by atoms with Crippen LogP contribution in [0.4, 0.5) is 11.4 Å². The molecule has 0 aliphatic rings. The zero-order valence-electron chi connectivity index (χ0n) is 16.4. The number of hydrogen-bond donors (Lipinski definition) is 2. The standard InChI is InChI=1S/C28H20N2/c29-27-19-9-3-1-7-17(19)15-25-21(11-5-13-23(25)27)22-12-6-14-24-26(22)16-18-8-2-4-10-20(18)28(24)30/h1-16H,29-30H2. The first-order valence-electron chi connectivity index (χ1n) is 10.1. The lowest BCUT2D eigenvalue weighted by atomic mass is 9.90. The molecule has 0 aliphatic heterocycles. The number of hydrogen-bond acceptors (Lipinski definition) is 2. The van der Waals surface area contributed by atoms with Gasteiger partial charge in [0.1, 0.15) is 0 Å². The van der Waals surface area contributed by atoms with Gasteiger partial charge in [-0.2, -0.15) is 0 Å². The van der Waals surface area contributed by atoms with Gasteiger partial charge in [-0.3, -0.25) is 0 Å². The van der Waals surface area contributed by atoms with Crippen LogP contribution >= 0.6 is 0 Å². The molecule has 6 rings (SSSR count). The summed E-state index contributed by atoms with van der Waals surface area (Å²) in [6, 6.07) is 33.8. The summed E-state index contributed by atoms with van der Waals surface area (Å²) >= 11 is 0. The van der Waals surface area contributed by atoms with E-state index >= 15 is 0 Å². The van der Waals surface area contributed by atoms with E-state index in [4.69, 9.17) is 11.5 Å². The fourth-order valence-corrected chi connectivity index (χ4v) is 4.72. The van der Waals surface area contributed by atoms with Gasteiger partial charge in [0, 0.05) is 32.9 Å². The van der Waals surface area contributed by atoms with E-state index in [9.17, 15) is 0 Å². The number of nitrogens with two attached hydrogens (primary N) is 2. The molecule has 0 amide bonds. The predicted octanol–water partition coefficient (Wildman–Crippen LogP) is 7.13. The molecule has 2 nitrogen and oxygen atoms in total. The van der Waals surface area contributed by atoms with Crippen molar-refractivity contribution in [1.29, 1.82) is 0 Å². The van der Waals surface area contributed by atoms with Crippen molar-refractivity contribution in [1.82, 2.24) is 0 Å². The summed E-state index contributed by atoms with van der Waals surface area (Å²) in [5.41, 5.74) is 17.2. The van der Waals surface area contributed by atoms with Gasteiger partial charge < -0.3 is 11.5 Å². The minimum Gasteiger partial charge on any atom is -0.398 e. The second kappa shape index (κ2) is 6.23. The topological polar surface area (TPSA) is 52.0 Å². The van der Waals surface area contributed by atoms with Gasteiger partial charge in [-0.25, -0.2) is 0 Å². The third kappa shape index (κ3) is 2.31. The first kappa shape index (κ1) is 16.9. The molecule has 0 spiro atoms. The molecule has 0 saturated carbocycles. The molecule has 0 radical (unpaired) electrons. The predicted molar refractivity (Wildman–Crippen MR) is 131 cm³/mol. The average Bonchev–Trinajstić information content (AvgIpc) is 2.79. The average molecular weight is 384 g/mol. The minimum atomic E-state index is 0.829. The van der Waals surface area contributed by atoms with Crippen LogP contribution in [0.25, 0.3) is 54.2 Å². The van der Waals surface area contributed by atoms with E-state index in [-0.39, 0.29) is 0 Å². The minimum absolute atomic E-state index is 0.829. The van der Waals surface area contributed by atoms with Gasteiger partial charge in [-0.05, 0) is 44.8 Å². The van der Waals surface area contributed by atoms with Crippen LogP contribution in [0.2, 0.25) is 0 Å². The Morgan fingerprint density at radius 2 is 0.767 bits per heavy atom. The highest BCUT2D eigenvalue weighted by atomic mass is 14.6. The fraction of sp³-hybridized carbons (Fsp3) is 0. The smallest absolute Gasteiger partial charge is 0.0473 e. The Hall–Kier alpha value is -4.04. The van der Waals surface area contributed by atoms with Gasteiger partial charge in [0.15, 0.2) is 0 Å². The van der Waals surface area contributed by atoms with Crippen molar-refractivity contribution in [2.75, 3.05) is 11.5 Å². The lowest BCUT2D eigenvalue weighted by molar-refractivity contribution is 1.69. The van der Waals surface area contributed by atoms with Crippen LogP contribution in [0, 0.1) is 0 Å². The Morgan fingerprint density at radius 1 is 0.367 bits per heavy atom. The SMILES string of the molecule is Nc1c2ccccc2cc2c(-c3cccc4c(N)c5ccccc5cc34)cccc12. The van der Waals surface area contributed by atoms with Crippen LogP contribution in [0.3, 0.4) is 0 Å². The Labute approximate surface area is 174 Å². The van der Waals surface area contributed by atoms with Crippen LogP contribution in [-0.2, 0) is 0 Å². The molecule has 6 aromatic carbocycles. The molecule has 6 aromatic rings. The molecule has 0 bridgehead atoms. The Morgan fingerprint density at radius 3 is 1.23 bits per heavy atom. The molecule has 0 saturated heterocycles. The maximum absolute atomic E-state index is 6.59. The van der Waals surface area contributed by atoms with Crippen molar-refractivity contribution >= 4 is 54.5 Å². The van der Waals surface area contributed by atoms with Crippen molar-refractivity contribution < 1.29 is 0 Å². The van der Waals surface area contributed by atoms with Crippen LogP contribution in [0.5, 0.6) is 0 Å². The largest absolute Gasteiger partial charge is 0.398 e. The van der Waals surface area contributed by atoms with Crippen LogP contribution in [0.15, 0.2) is 97.1 Å². The monoisotopic (exact) mass is 384 g/mol. The van der Waals surface area contributed by atoms with Gasteiger partial charge in [0.25, 0.3) is 0 Å². The lowest BCUT2D eigenvalue weighted by Crippen LogP contribution is -1.93. The maximum atomic E-state index is 6.59. The van der Waals surface area contributed by atoms with Crippen LogP contribution < -0.4 is 11.5 Å². The molecule has 0 atom stereocenters. The van der Waals surface area contributed by atoms with E-state index in [1.807, 2.05) is 12.1 Å². The number of fused-ring (bicyclic) bond motifs is 4. The van der Waals surface area contributed by atoms with Gasteiger partial charge in [0.05, 0.1) is 0 Å². The Bertz CT molecular complexity index is 1490. The van der Waals surface area contributed by atoms with Crippen molar-refractivity contribution in [2.24, 2.45) is 0 Å². The highest BCUT2D eigenvalue weighted by Gasteiger charge is 2.13. The molecule has 0 heterocycles. The van der Waals surface area contributed by atoms with E-state index in [2.05, 4.69) is 84.9 Å². The zero-order chi connectivity index (χ0) is 20.2. The quantitative estimate of drug-likeness (QED) is 0.234. The van der Waals surface area contributed by atoms with Crippen molar-refractivity contribution in [3.8, 4) is 11.1 Å². The molecule has 0 unspecified atom stereocenters. The Balaban J connectivity index is 1.76. The van der Waals surface area contributed by atoms with Crippen LogP contribution in [-0.4, -0.2) is 0 Å². The fourth-order valence-electron chi connectivity index (χ4n) is 4.72. The second-order valence-corrected chi connectivity index (χ2v) is 7.82. The molecule has 0 fully saturated rings. The van der Waals surface area contributed by atoms with Gasteiger partial charge in [0.2, 0.25) is 0 Å². The molecule has 30 heavy (non-hydrogen) atoms. The number of rotatable bonds is 1. The van der Waals surface area contributed by atoms with E-state index in [1.54, 1.807) is 0 Å². The second-order valence-electron chi connectivity index (χ2n) is 7.82. The summed E-state index contributed by atoms with van der Waals surface area (Å²) in [6.45, 7) is 0. The summed E-state index contributed by atoms with van der Waals surface area (Å²) in [7, 11) is 0. The van der Waals surface area contributed by atoms with Crippen molar-refractivity contribution in [3.63, 3.8) is 0 Å². The number of nitrogen functional groups attached to an aromatic ring is 2. The van der Waals surface area contributed by atoms with E-state index in [1.165, 1.54) is 11.1 Å². The molecule has 0 aromatic heterocycles. The summed E-state index contributed by atoms with van der Waals surface area (Å²) in [5.74, 6) is 0. The molecule has 142 valence electrons. The highest BCUT2D eigenvalue weighted by Crippen LogP contribution is 2.41. The summed E-state index contributed by atoms with van der Waals surface area (Å²) in [5, 5.41) is 8.97. The first-order valence-corrected chi connectivity index (χ1v) is 10.1. The number of benzene rings is 6. The summed E-state index contributed by atoms with van der Waals surface area (Å²) in [4.78, 5) is 0. The Kier molecular flexibility index (Phi) is 3.50. The van der Waals surface area contributed by atoms with Gasteiger partial charge in [-0.1, -0.05) is 84.9 Å². The van der Waals surface area contributed by atoms with Gasteiger partial charge in [-0.15, -0.1) is 0 Å². The normalized spacial score (nSPS) is 11.6. The highest BCUT2D eigenvalue weighted by molar-refractivity contribution is 6.19. The third-order valence-corrected chi connectivity index (χ3v) is 6.18. The zero-order valence-corrected chi connectivity index (χ0v) is 16.4. The molecular weight excluding hydrogens is 364 g/mol. The van der Waals surface area contributed by atoms with Crippen molar-refractivity contribution in [2.45, 2.75) is 0 Å². The van der Waals surface area contributed by atoms with E-state index in [0.717, 1.165) is 54.5 Å². The number of anilines is 2. The molecule has 0 aliphatic carbocycles. The van der Waals surface area contributed by atoms with E-state index < -0.39 is 0 Å². The van der Waals surface area contributed by atoms with E-state index in [0.29, 0.717) is 0 Å². The van der Waals surface area contributed by atoms with Gasteiger partial charge >= 0.3 is 0 Å².